The van der Waals surface area contributed by atoms with Crippen molar-refractivity contribution < 1.29 is 38.3 Å². The SMILES string of the molecule is CCCC(NC(=O)C1CC2(CCCC2)CN1C(=O)C(NC(=O)OCC(C)C)C1CCCCC1)C(=O)C(=O)NCC(=O)NC(C(C)=O)c1ccccc1. The van der Waals surface area contributed by atoms with Gasteiger partial charge < -0.3 is 30.9 Å². The maximum Gasteiger partial charge on any atom is 0.407 e. The summed E-state index contributed by atoms with van der Waals surface area (Å²) in [6, 6.07) is 4.86. The van der Waals surface area contributed by atoms with Crippen LogP contribution >= 0.6 is 0 Å². The molecule has 4 N–H and O–H groups in total. The Hall–Kier alpha value is -4.29. The molecule has 0 radical (unpaired) electrons. The fourth-order valence-corrected chi connectivity index (χ4v) is 7.96. The molecule has 5 amide bonds. The van der Waals surface area contributed by atoms with Crippen LogP contribution in [0.3, 0.4) is 0 Å². The van der Waals surface area contributed by atoms with Gasteiger partial charge in [0.15, 0.2) is 5.78 Å². The first-order valence-corrected chi connectivity index (χ1v) is 19.0. The number of nitrogens with zero attached hydrogens (tertiary/aromatic N) is 1. The van der Waals surface area contributed by atoms with E-state index in [0.29, 0.717) is 24.9 Å². The summed E-state index contributed by atoms with van der Waals surface area (Å²) in [7, 11) is 0. The number of amides is 5. The number of nitrogens with one attached hydrogen (secondary N) is 4. The first kappa shape index (κ1) is 40.5. The highest BCUT2D eigenvalue weighted by Gasteiger charge is 2.52. The Morgan fingerprint density at radius 2 is 1.58 bits per heavy atom. The zero-order chi connectivity index (χ0) is 37.8. The van der Waals surface area contributed by atoms with Crippen molar-refractivity contribution in [3.05, 3.63) is 35.9 Å². The summed E-state index contributed by atoms with van der Waals surface area (Å²) in [6.45, 7) is 7.08. The lowest BCUT2D eigenvalue weighted by atomic mass is 9.83. The van der Waals surface area contributed by atoms with Gasteiger partial charge in [-0.25, -0.2) is 4.79 Å². The van der Waals surface area contributed by atoms with Gasteiger partial charge in [-0.15, -0.1) is 0 Å². The zero-order valence-electron chi connectivity index (χ0n) is 31.2. The molecule has 3 fully saturated rings. The Morgan fingerprint density at radius 3 is 2.19 bits per heavy atom. The number of ether oxygens (including phenoxy) is 1. The number of Topliss-reactive ketones (excluding diaryl/α,β-unsaturated/α-hetero) is 2. The number of alkyl carbamates (subject to hydrolysis) is 1. The van der Waals surface area contributed by atoms with Crippen molar-refractivity contribution >= 4 is 41.3 Å². The molecule has 1 aromatic carbocycles. The number of ketones is 2. The summed E-state index contributed by atoms with van der Waals surface area (Å²) in [5.74, 6) is -3.71. The van der Waals surface area contributed by atoms with E-state index < -0.39 is 60.3 Å². The summed E-state index contributed by atoms with van der Waals surface area (Å²) in [5.41, 5.74) is 0.349. The Bertz CT molecular complexity index is 1440. The van der Waals surface area contributed by atoms with Crippen molar-refractivity contribution in [2.24, 2.45) is 17.3 Å². The van der Waals surface area contributed by atoms with Crippen LogP contribution in [0.4, 0.5) is 4.79 Å². The van der Waals surface area contributed by atoms with E-state index in [1.165, 1.54) is 6.92 Å². The molecule has 0 bridgehead atoms. The molecule has 1 spiro atoms. The second-order valence-corrected chi connectivity index (χ2v) is 15.3. The maximum absolute atomic E-state index is 14.5. The van der Waals surface area contributed by atoms with Crippen molar-refractivity contribution in [1.29, 1.82) is 0 Å². The fraction of sp³-hybridized carbons (Fsp3) is 0.667. The normalized spacial score (nSPS) is 20.1. The summed E-state index contributed by atoms with van der Waals surface area (Å²) < 4.78 is 5.40. The van der Waals surface area contributed by atoms with Gasteiger partial charge in [-0.05, 0) is 68.3 Å². The number of hydrogen-bond donors (Lipinski definition) is 4. The van der Waals surface area contributed by atoms with Crippen LogP contribution in [0, 0.1) is 17.3 Å². The predicted octanol–water partition coefficient (Wildman–Crippen LogP) is 3.90. The number of rotatable bonds is 16. The molecule has 1 aliphatic heterocycles. The average Bonchev–Trinajstić information content (AvgIpc) is 3.77. The third-order valence-electron chi connectivity index (χ3n) is 10.7. The van der Waals surface area contributed by atoms with Gasteiger partial charge in [-0.1, -0.05) is 89.6 Å². The van der Waals surface area contributed by atoms with Gasteiger partial charge in [0.1, 0.15) is 18.1 Å². The predicted molar refractivity (Wildman–Crippen MR) is 194 cm³/mol. The lowest BCUT2D eigenvalue weighted by molar-refractivity contribution is -0.143. The summed E-state index contributed by atoms with van der Waals surface area (Å²) in [5, 5.41) is 10.6. The summed E-state index contributed by atoms with van der Waals surface area (Å²) in [4.78, 5) is 94.4. The quantitative estimate of drug-likeness (QED) is 0.186. The van der Waals surface area contributed by atoms with E-state index >= 15 is 0 Å². The maximum atomic E-state index is 14.5. The largest absolute Gasteiger partial charge is 0.449 e. The Kier molecular flexibility index (Phi) is 14.8. The minimum atomic E-state index is -1.18. The Morgan fingerprint density at radius 1 is 0.904 bits per heavy atom. The number of carbonyl (C=O) groups excluding carboxylic acids is 7. The van der Waals surface area contributed by atoms with Crippen molar-refractivity contribution in [3.63, 3.8) is 0 Å². The van der Waals surface area contributed by atoms with Crippen molar-refractivity contribution in [3.8, 4) is 0 Å². The van der Waals surface area contributed by atoms with E-state index in [1.807, 2.05) is 20.8 Å². The molecular formula is C39H57N5O8. The average molecular weight is 724 g/mol. The lowest BCUT2D eigenvalue weighted by Gasteiger charge is -2.35. The van der Waals surface area contributed by atoms with Crippen LogP contribution in [0.1, 0.15) is 116 Å². The van der Waals surface area contributed by atoms with Gasteiger partial charge in [-0.3, -0.25) is 28.8 Å². The molecule has 4 unspecified atom stereocenters. The van der Waals surface area contributed by atoms with Crippen LogP contribution in [-0.4, -0.2) is 84.0 Å². The standard InChI is InChI=1S/C39H57N5O8/c1-5-14-29(34(47)36(49)40-22-31(46)42-32(26(4)45)27-15-8-6-9-16-27)41-35(48)30-21-39(19-12-13-20-39)24-44(30)37(50)33(28-17-10-7-11-18-28)43-38(51)52-23-25(2)3/h6,8-9,15-16,25,28-30,32-33H,5,7,10-14,17-24H2,1-4H3,(H,40,49)(H,41,48)(H,42,46)(H,43,51). The molecule has 1 heterocycles. The van der Waals surface area contributed by atoms with Gasteiger partial charge in [0.2, 0.25) is 23.5 Å². The minimum absolute atomic E-state index is 0.0922. The lowest BCUT2D eigenvalue weighted by Crippen LogP contribution is -2.58. The minimum Gasteiger partial charge on any atom is -0.449 e. The fourth-order valence-electron chi connectivity index (χ4n) is 7.96. The molecule has 4 atom stereocenters. The molecule has 2 saturated carbocycles. The van der Waals surface area contributed by atoms with Crippen LogP contribution in [0.15, 0.2) is 30.3 Å². The number of benzene rings is 1. The van der Waals surface area contributed by atoms with Crippen molar-refractivity contribution in [1.82, 2.24) is 26.2 Å². The highest BCUT2D eigenvalue weighted by atomic mass is 16.5. The van der Waals surface area contributed by atoms with Gasteiger partial charge in [0, 0.05) is 6.54 Å². The van der Waals surface area contributed by atoms with E-state index in [0.717, 1.165) is 57.8 Å². The van der Waals surface area contributed by atoms with Crippen LogP contribution in [-0.2, 0) is 33.5 Å². The highest BCUT2D eigenvalue weighted by Crippen LogP contribution is 2.48. The van der Waals surface area contributed by atoms with Gasteiger partial charge in [-0.2, -0.15) is 0 Å². The van der Waals surface area contributed by atoms with Gasteiger partial charge >= 0.3 is 6.09 Å². The number of hydrogen-bond acceptors (Lipinski definition) is 8. The molecule has 0 aromatic heterocycles. The molecular weight excluding hydrogens is 666 g/mol. The Balaban J connectivity index is 1.45. The monoisotopic (exact) mass is 723 g/mol. The molecule has 286 valence electrons. The van der Waals surface area contributed by atoms with Crippen LogP contribution < -0.4 is 21.3 Å². The molecule has 13 heteroatoms. The van der Waals surface area contributed by atoms with Crippen molar-refractivity contribution in [2.75, 3.05) is 19.7 Å². The van der Waals surface area contributed by atoms with E-state index in [2.05, 4.69) is 21.3 Å². The molecule has 3 aliphatic rings. The molecule has 4 rings (SSSR count). The first-order chi connectivity index (χ1) is 24.8. The second kappa shape index (κ2) is 19.0. The molecule has 52 heavy (non-hydrogen) atoms. The van der Waals surface area contributed by atoms with Crippen molar-refractivity contribution in [2.45, 2.75) is 129 Å². The zero-order valence-corrected chi connectivity index (χ0v) is 31.2. The van der Waals surface area contributed by atoms with Gasteiger partial charge in [0.05, 0.1) is 19.2 Å². The molecule has 1 aromatic rings. The first-order valence-electron chi connectivity index (χ1n) is 19.0. The third kappa shape index (κ3) is 10.9. The Labute approximate surface area is 307 Å². The van der Waals surface area contributed by atoms with E-state index in [4.69, 9.17) is 4.74 Å². The van der Waals surface area contributed by atoms with Gasteiger partial charge in [0.25, 0.3) is 5.91 Å². The number of carbonyl (C=O) groups is 7. The van der Waals surface area contributed by atoms with E-state index in [1.54, 1.807) is 35.2 Å². The van der Waals surface area contributed by atoms with E-state index in [9.17, 15) is 33.6 Å². The topological polar surface area (TPSA) is 180 Å². The van der Waals surface area contributed by atoms with Crippen LogP contribution in [0.25, 0.3) is 0 Å². The molecule has 2 aliphatic carbocycles. The number of likely N-dealkylation sites (tertiary alicyclic amines) is 1. The molecule has 1 saturated heterocycles. The van der Waals surface area contributed by atoms with Crippen LogP contribution in [0.2, 0.25) is 0 Å². The van der Waals surface area contributed by atoms with E-state index in [-0.39, 0.29) is 42.0 Å². The third-order valence-corrected chi connectivity index (χ3v) is 10.7. The highest BCUT2D eigenvalue weighted by molar-refractivity contribution is 6.38. The van der Waals surface area contributed by atoms with Crippen LogP contribution in [0.5, 0.6) is 0 Å². The summed E-state index contributed by atoms with van der Waals surface area (Å²) >= 11 is 0. The molecule has 13 nitrogen and oxygen atoms in total. The second-order valence-electron chi connectivity index (χ2n) is 15.3. The summed E-state index contributed by atoms with van der Waals surface area (Å²) in [6.07, 6.45) is 8.65. The smallest absolute Gasteiger partial charge is 0.407 e.